The van der Waals surface area contributed by atoms with Crippen molar-refractivity contribution >= 4 is 261 Å². The smallest absolute Gasteiger partial charge is 0.251 e. The molecule has 4 aromatic heterocycles. The number of rotatable bonds is 17. The molecular formula is C101H85BBr2Cl4F4N12O10S4. The molecule has 0 atom stereocenters. The molecule has 8 heterocycles. The fourth-order valence-corrected chi connectivity index (χ4v) is 22.6. The van der Waals surface area contributed by atoms with E-state index in [1.807, 2.05) is 115 Å². The molecule has 0 spiro atoms. The second kappa shape index (κ2) is 43.4. The van der Waals surface area contributed by atoms with Gasteiger partial charge in [0.05, 0.1) is 47.5 Å². The summed E-state index contributed by atoms with van der Waals surface area (Å²) in [7, 11) is 3.17. The van der Waals surface area contributed by atoms with Gasteiger partial charge in [0, 0.05) is 171 Å². The molecule has 12 aromatic carbocycles. The number of nitrogens with zero attached hydrogens (tertiary/aromatic N) is 12. The number of aliphatic hydroxyl groups excluding tert-OH is 2. The van der Waals surface area contributed by atoms with Crippen molar-refractivity contribution in [3.63, 3.8) is 0 Å². The Labute approximate surface area is 844 Å². The second-order valence-corrected chi connectivity index (χ2v) is 37.8. The summed E-state index contributed by atoms with van der Waals surface area (Å²) in [5, 5.41) is 53.0. The number of amides is 4. The minimum Gasteiger partial charge on any atom is -0.508 e. The number of benzene rings is 12. The first kappa shape index (κ1) is 99.3. The van der Waals surface area contributed by atoms with Gasteiger partial charge in [-0.05, 0) is 190 Å². The van der Waals surface area contributed by atoms with Crippen LogP contribution in [0.4, 0.5) is 37.6 Å². The van der Waals surface area contributed by atoms with Crippen LogP contribution in [0.25, 0.3) is 131 Å². The molecule has 4 fully saturated rings. The Hall–Kier alpha value is -11.7. The number of halogens is 10. The van der Waals surface area contributed by atoms with Gasteiger partial charge in [0.2, 0.25) is 11.8 Å². The van der Waals surface area contributed by atoms with Crippen molar-refractivity contribution in [2.24, 2.45) is 0 Å². The highest BCUT2D eigenvalue weighted by Crippen LogP contribution is 2.50. The summed E-state index contributed by atoms with van der Waals surface area (Å²) in [6.07, 6.45) is 1.33. The van der Waals surface area contributed by atoms with Crippen molar-refractivity contribution in [3.8, 4) is 67.5 Å². The van der Waals surface area contributed by atoms with E-state index in [9.17, 15) is 34.5 Å². The zero-order chi connectivity index (χ0) is 97.8. The number of aliphatic hydroxyl groups is 2. The minimum absolute atomic E-state index is 0.0273. The Morgan fingerprint density at radius 2 is 0.630 bits per heavy atom. The number of phenols is 2. The summed E-state index contributed by atoms with van der Waals surface area (Å²) in [5.74, 6) is -1.28. The number of ether oxygens (including phenoxy) is 2. The van der Waals surface area contributed by atoms with E-state index in [1.54, 1.807) is 76.3 Å². The summed E-state index contributed by atoms with van der Waals surface area (Å²) in [4.78, 5) is 64.1. The number of carbonyl (C=O) groups excluding carboxylic acids is 4. The molecule has 20 rings (SSSR count). The fraction of sp³-hybridized carbons (Fsp3) is 0.208. The van der Waals surface area contributed by atoms with Gasteiger partial charge in [-0.1, -0.05) is 186 Å². The summed E-state index contributed by atoms with van der Waals surface area (Å²) >= 11 is 37.3. The van der Waals surface area contributed by atoms with Gasteiger partial charge >= 0.3 is 0 Å². The second-order valence-electron chi connectivity index (χ2n) is 32.6. The van der Waals surface area contributed by atoms with E-state index in [1.165, 1.54) is 64.3 Å². The van der Waals surface area contributed by atoms with Crippen LogP contribution in [0.15, 0.2) is 219 Å². The Morgan fingerprint density at radius 1 is 0.384 bits per heavy atom. The van der Waals surface area contributed by atoms with Gasteiger partial charge in [-0.2, -0.15) is 33.3 Å². The van der Waals surface area contributed by atoms with Crippen molar-refractivity contribution in [1.29, 1.82) is 0 Å². The monoisotopic (exact) mass is 2140 g/mol. The molecule has 4 saturated heterocycles. The van der Waals surface area contributed by atoms with Crippen molar-refractivity contribution in [2.75, 3.05) is 157 Å². The molecule has 138 heavy (non-hydrogen) atoms. The highest BCUT2D eigenvalue weighted by atomic mass is 79.9. The van der Waals surface area contributed by atoms with Gasteiger partial charge in [0.1, 0.15) is 65.1 Å². The van der Waals surface area contributed by atoms with Crippen LogP contribution < -0.4 is 29.1 Å². The molecule has 0 saturated carbocycles. The van der Waals surface area contributed by atoms with Gasteiger partial charge in [-0.15, -0.1) is 0 Å². The van der Waals surface area contributed by atoms with Crippen LogP contribution in [0.3, 0.4) is 0 Å². The number of fused-ring (bicyclic) bond motifs is 8. The molecule has 16 aromatic rings. The number of anilines is 4. The Bertz CT molecular complexity index is 7300. The van der Waals surface area contributed by atoms with Crippen molar-refractivity contribution in [1.82, 2.24) is 37.1 Å². The molecule has 0 unspecified atom stereocenters. The van der Waals surface area contributed by atoms with E-state index in [0.29, 0.717) is 198 Å². The average Bonchev–Trinajstić information content (AvgIpc) is 1.52. The van der Waals surface area contributed by atoms with Crippen molar-refractivity contribution in [2.45, 2.75) is 0 Å². The van der Waals surface area contributed by atoms with Crippen LogP contribution in [0, 0.1) is 23.3 Å². The number of hydrogen-bond acceptors (Lipinski definition) is 22. The first-order valence-electron chi connectivity index (χ1n) is 43.2. The van der Waals surface area contributed by atoms with Gasteiger partial charge in [-0.3, -0.25) is 19.2 Å². The molecule has 0 bridgehead atoms. The summed E-state index contributed by atoms with van der Waals surface area (Å²) < 4.78 is 92.2. The largest absolute Gasteiger partial charge is 0.508 e. The molecule has 4 amide bonds. The predicted octanol–water partition coefficient (Wildman–Crippen LogP) is 22.4. The fourth-order valence-electron chi connectivity index (χ4n) is 17.6. The van der Waals surface area contributed by atoms with E-state index in [4.69, 9.17) is 61.0 Å². The molecule has 4 aliphatic rings. The lowest BCUT2D eigenvalue weighted by Crippen LogP contribution is -2.49. The van der Waals surface area contributed by atoms with Gasteiger partial charge in [0.15, 0.2) is 29.9 Å². The molecular weight excluding hydrogens is 2060 g/mol. The summed E-state index contributed by atoms with van der Waals surface area (Å²) in [6, 6.07) is 51.1. The topological polar surface area (TPSA) is 245 Å². The maximum Gasteiger partial charge on any atom is 0.251 e. The number of carbonyl (C=O) groups is 4. The molecule has 4 aliphatic heterocycles. The number of methoxy groups -OCH3 is 2. The van der Waals surface area contributed by atoms with Crippen LogP contribution in [-0.2, 0) is 19.2 Å². The lowest BCUT2D eigenvalue weighted by molar-refractivity contribution is -0.128. The number of hydrogen-bond donors (Lipinski definition) is 4. The lowest BCUT2D eigenvalue weighted by atomic mass is 9.96. The highest BCUT2D eigenvalue weighted by molar-refractivity contribution is 9.22. The predicted molar refractivity (Wildman–Crippen MR) is 562 cm³/mol. The van der Waals surface area contributed by atoms with Crippen LogP contribution >= 0.6 is 124 Å². The normalized spacial score (nSPS) is 14.0. The SMILES string of the molecule is C=C(CBr)C(=O)N1CCN(c2snc3c(F)c(-c4cc(O)cc5ccccc45)c(Cl)cc23)CC1.C=C(CO)C(=O)N1CCN(c2snc3c(F)c(-c4cc(O)cc5ccccc45)c(Cl)cc23)CC1.C=C(CO)C(=O)N1CCN(c2snc3c(F)c(-c4cc(OC)cc5ccccc45)c(Cl)cc23)CC1.C=CC(=O)N1CCN(c2snc3c(F)c(-c4cc(OC)cc5ccccc45)c(Cl)cc23)CC1.[B]Br. The Morgan fingerprint density at radius 3 is 0.884 bits per heavy atom. The lowest BCUT2D eigenvalue weighted by Gasteiger charge is -2.35. The van der Waals surface area contributed by atoms with Crippen LogP contribution in [0.2, 0.25) is 20.1 Å². The highest BCUT2D eigenvalue weighted by Gasteiger charge is 2.34. The van der Waals surface area contributed by atoms with Crippen LogP contribution in [0.1, 0.15) is 0 Å². The van der Waals surface area contributed by atoms with Crippen LogP contribution in [-0.4, -0.2) is 225 Å². The standard InChI is InChI=1S/C26H23ClFN3O3S.C25H20BrClFN3O2S.C25H21ClFN3O3S.C25H21ClFN3O2S.BBr/c1-15(14-32)25(33)30-7-9-31(10-8-30)26-20-13-21(27)22(23(28)24(20)29-35-26)19-12-17(34-2)11-16-5-3-4-6-18(16)19;1-14(13-26)24(33)30-6-8-31(9-7-30)25-19-12-20(27)21(22(28)23(19)29-34-25)18-11-16(32)10-15-4-2-3-5-17(15)18;1-14(13-31)24(33)29-6-8-30(9-7-29)25-19-12-20(26)21(22(27)23(19)28-34-25)18-11-16(32)10-15-4-2-3-5-17(15)18;1-3-21(31)29-8-10-30(11-9-29)25-19-14-20(26)22(23(27)24(19)28-33-25)18-13-16(32-2)12-15-6-4-5-7-17(15)18;1-2/h3-6,11-13,32H,1,7-10,14H2,2H3;2-5,10-12,32H,1,6-9,13H2;2-5,10-12,31-32H,1,6-9,13H2;3-7,12-14H,1,8-11H2,2H3;. The van der Waals surface area contributed by atoms with E-state index in [-0.39, 0.29) is 97.2 Å². The molecule has 706 valence electrons. The maximum absolute atomic E-state index is 16.0. The third kappa shape index (κ3) is 19.9. The van der Waals surface area contributed by atoms with E-state index in [2.05, 4.69) is 102 Å². The molecule has 22 nitrogen and oxygen atoms in total. The summed E-state index contributed by atoms with van der Waals surface area (Å²) in [5.41, 5.74) is 5.28. The van der Waals surface area contributed by atoms with Gasteiger partial charge in [0.25, 0.3) is 11.8 Å². The van der Waals surface area contributed by atoms with Gasteiger partial charge in [-0.25, -0.2) is 17.6 Å². The molecule has 2 radical (unpaired) electrons. The van der Waals surface area contributed by atoms with Crippen molar-refractivity contribution in [3.05, 3.63) is 262 Å². The van der Waals surface area contributed by atoms with Crippen LogP contribution in [0.5, 0.6) is 23.0 Å². The van der Waals surface area contributed by atoms with Gasteiger partial charge < -0.3 is 69.1 Å². The molecule has 4 N–H and O–H groups in total. The number of piperazine rings is 4. The maximum atomic E-state index is 16.0. The Balaban J connectivity index is 0.000000132. The zero-order valence-electron chi connectivity index (χ0n) is 74.1. The number of aromatic hydroxyl groups is 2. The molecule has 0 aliphatic carbocycles. The number of phenolic OH excluding ortho intramolecular Hbond substituents is 2. The third-order valence-corrected chi connectivity index (χ3v) is 30.1. The zero-order valence-corrected chi connectivity index (χ0v) is 83.6. The first-order valence-corrected chi connectivity index (χ1v) is 49.9. The van der Waals surface area contributed by atoms with Crippen molar-refractivity contribution < 1.29 is 66.6 Å². The van der Waals surface area contributed by atoms with E-state index in [0.717, 1.165) is 63.1 Å². The summed E-state index contributed by atoms with van der Waals surface area (Å²) in [6.45, 7) is 27.0. The number of aromatic nitrogens is 4. The average molecular weight is 2140 g/mol. The molecule has 37 heteroatoms. The van der Waals surface area contributed by atoms with E-state index < -0.39 is 23.3 Å². The third-order valence-electron chi connectivity index (χ3n) is 24.6. The minimum atomic E-state index is -0.534. The quantitative estimate of drug-likeness (QED) is 0.0286. The number of alkyl halides is 1. The Kier molecular flexibility index (Phi) is 31.2. The van der Waals surface area contributed by atoms with E-state index >= 15 is 17.6 Å². The first-order chi connectivity index (χ1) is 66.7.